The zero-order chi connectivity index (χ0) is 26.4. The van der Waals surface area contributed by atoms with Crippen LogP contribution >= 0.6 is 0 Å². The van der Waals surface area contributed by atoms with E-state index in [-0.39, 0.29) is 12.0 Å². The summed E-state index contributed by atoms with van der Waals surface area (Å²) in [5, 5.41) is 15.6. The van der Waals surface area contributed by atoms with Gasteiger partial charge >= 0.3 is 0 Å². The molecule has 0 saturated carbocycles. The fourth-order valence-electron chi connectivity index (χ4n) is 6.47. The Kier molecular flexibility index (Phi) is 6.70. The van der Waals surface area contributed by atoms with E-state index in [0.717, 1.165) is 73.3 Å². The van der Waals surface area contributed by atoms with Gasteiger partial charge in [-0.25, -0.2) is 9.50 Å². The number of aliphatic hydroxyl groups is 1. The van der Waals surface area contributed by atoms with Crippen molar-refractivity contribution in [2.45, 2.75) is 64.4 Å². The molecule has 2 aliphatic rings. The molecule has 0 unspecified atom stereocenters. The number of pyridine rings is 1. The zero-order valence-electron chi connectivity index (χ0n) is 22.7. The van der Waals surface area contributed by atoms with Gasteiger partial charge in [0.25, 0.3) is 0 Å². The Balaban J connectivity index is 1.21. The highest BCUT2D eigenvalue weighted by atomic mass is 16.3. The van der Waals surface area contributed by atoms with Crippen LogP contribution in [0.15, 0.2) is 36.8 Å². The van der Waals surface area contributed by atoms with Gasteiger partial charge in [-0.3, -0.25) is 9.69 Å². The number of carbonyl (C=O) groups excluding carboxylic acids is 1. The number of aryl methyl sites for hydroxylation is 1. The molecule has 6 rings (SSSR count). The highest BCUT2D eigenvalue weighted by Crippen LogP contribution is 2.38. The molecule has 1 aromatic carbocycles. The summed E-state index contributed by atoms with van der Waals surface area (Å²) in [6.45, 7) is 10.1. The van der Waals surface area contributed by atoms with Crippen LogP contribution in [0.25, 0.3) is 27.8 Å². The molecule has 8 nitrogen and oxygen atoms in total. The number of fused-ring (bicyclic) bond motifs is 2. The maximum absolute atomic E-state index is 12.9. The second-order valence-electron chi connectivity index (χ2n) is 11.5. The van der Waals surface area contributed by atoms with Crippen molar-refractivity contribution >= 4 is 22.5 Å². The Morgan fingerprint density at radius 2 is 1.97 bits per heavy atom. The summed E-state index contributed by atoms with van der Waals surface area (Å²) in [7, 11) is 0. The van der Waals surface area contributed by atoms with Crippen molar-refractivity contribution in [3.05, 3.63) is 53.5 Å². The molecule has 8 heteroatoms. The number of H-pyrrole nitrogens is 1. The van der Waals surface area contributed by atoms with Crippen LogP contribution < -0.4 is 0 Å². The highest BCUT2D eigenvalue weighted by Gasteiger charge is 2.27. The average Bonchev–Trinajstić information content (AvgIpc) is 3.53. The third-order valence-electron chi connectivity index (χ3n) is 8.45. The number of nitrogens with one attached hydrogen (secondary N) is 1. The summed E-state index contributed by atoms with van der Waals surface area (Å²) in [5.74, 6) is 1.01. The van der Waals surface area contributed by atoms with Gasteiger partial charge in [0.15, 0.2) is 5.65 Å². The second kappa shape index (κ2) is 10.2. The van der Waals surface area contributed by atoms with E-state index in [2.05, 4.69) is 71.2 Å². The van der Waals surface area contributed by atoms with Gasteiger partial charge in [-0.1, -0.05) is 19.9 Å². The lowest BCUT2D eigenvalue weighted by Gasteiger charge is -2.35. The maximum Gasteiger partial charge on any atom is 0.236 e. The van der Waals surface area contributed by atoms with Crippen molar-refractivity contribution in [3.63, 3.8) is 0 Å². The quantitative estimate of drug-likeness (QED) is 0.410. The summed E-state index contributed by atoms with van der Waals surface area (Å²) in [6, 6.07) is 9.05. The van der Waals surface area contributed by atoms with Crippen LogP contribution in [0.4, 0.5) is 0 Å². The van der Waals surface area contributed by atoms with Crippen LogP contribution in [0.3, 0.4) is 0 Å². The Labute approximate surface area is 223 Å². The van der Waals surface area contributed by atoms with E-state index in [1.807, 2.05) is 9.42 Å². The Bertz CT molecular complexity index is 1460. The number of rotatable bonds is 5. The van der Waals surface area contributed by atoms with Crippen molar-refractivity contribution in [3.8, 4) is 11.3 Å². The third kappa shape index (κ3) is 4.71. The van der Waals surface area contributed by atoms with E-state index in [0.29, 0.717) is 24.9 Å². The predicted molar refractivity (Wildman–Crippen MR) is 149 cm³/mol. The van der Waals surface area contributed by atoms with Crippen molar-refractivity contribution < 1.29 is 9.90 Å². The van der Waals surface area contributed by atoms with E-state index < -0.39 is 0 Å². The van der Waals surface area contributed by atoms with E-state index in [9.17, 15) is 9.90 Å². The molecule has 4 aromatic rings. The first kappa shape index (κ1) is 25.1. The maximum atomic E-state index is 12.9. The standard InChI is InChI=1S/C30H38N6O2/c1-19(2)28-25-14-22(21-8-11-35(12-9-21)27(38)17-34-10-4-5-24(37)16-34)6-7-26(25)33-29(28)23-13-20(3)30-31-18-32-36(30)15-23/h6-7,13-15,18-19,21,24,33,37H,4-5,8-12,16-17H2,1-3H3/t24-/m0/s1. The van der Waals surface area contributed by atoms with Gasteiger partial charge in [0.2, 0.25) is 5.91 Å². The fraction of sp³-hybridized carbons (Fsp3) is 0.500. The lowest BCUT2D eigenvalue weighted by atomic mass is 9.87. The molecule has 0 spiro atoms. The van der Waals surface area contributed by atoms with Crippen LogP contribution in [0, 0.1) is 6.92 Å². The molecular weight excluding hydrogens is 476 g/mol. The zero-order valence-corrected chi connectivity index (χ0v) is 22.7. The number of piperidine rings is 2. The minimum Gasteiger partial charge on any atom is -0.392 e. The predicted octanol–water partition coefficient (Wildman–Crippen LogP) is 4.47. The SMILES string of the molecule is Cc1cc(-c2[nH]c3ccc(C4CCN(C(=O)CN5CCC[C@H](O)C5)CC4)cc3c2C(C)C)cn2ncnc12. The number of aromatic amines is 1. The molecule has 3 aromatic heterocycles. The first-order chi connectivity index (χ1) is 18.4. The van der Waals surface area contributed by atoms with Gasteiger partial charge in [-0.05, 0) is 85.9 Å². The minimum absolute atomic E-state index is 0.199. The monoisotopic (exact) mass is 514 g/mol. The van der Waals surface area contributed by atoms with Crippen molar-refractivity contribution in [1.29, 1.82) is 0 Å². The van der Waals surface area contributed by atoms with Crippen LogP contribution in [-0.2, 0) is 4.79 Å². The summed E-state index contributed by atoms with van der Waals surface area (Å²) in [6.07, 6.45) is 7.14. The summed E-state index contributed by atoms with van der Waals surface area (Å²) >= 11 is 0. The van der Waals surface area contributed by atoms with E-state index >= 15 is 0 Å². The number of aliphatic hydroxyl groups excluding tert-OH is 1. The molecule has 0 bridgehead atoms. The summed E-state index contributed by atoms with van der Waals surface area (Å²) in [4.78, 5) is 25.1. The van der Waals surface area contributed by atoms with Gasteiger partial charge in [0, 0.05) is 42.3 Å². The fourth-order valence-corrected chi connectivity index (χ4v) is 6.47. The summed E-state index contributed by atoms with van der Waals surface area (Å²) < 4.78 is 1.86. The largest absolute Gasteiger partial charge is 0.392 e. The second-order valence-corrected chi connectivity index (χ2v) is 11.5. The molecule has 2 N–H and O–H groups in total. The van der Waals surface area contributed by atoms with Crippen LogP contribution in [0.1, 0.15) is 68.1 Å². The van der Waals surface area contributed by atoms with Crippen molar-refractivity contribution in [1.82, 2.24) is 29.4 Å². The lowest BCUT2D eigenvalue weighted by molar-refractivity contribution is -0.134. The van der Waals surface area contributed by atoms with E-state index in [1.54, 1.807) is 6.33 Å². The number of hydrogen-bond acceptors (Lipinski definition) is 5. The number of likely N-dealkylation sites (tertiary alicyclic amines) is 2. The minimum atomic E-state index is -0.295. The van der Waals surface area contributed by atoms with Gasteiger partial charge in [-0.2, -0.15) is 5.10 Å². The number of nitrogens with zero attached hydrogens (tertiary/aromatic N) is 5. The van der Waals surface area contributed by atoms with Crippen LogP contribution in [-0.4, -0.2) is 79.2 Å². The Morgan fingerprint density at radius 1 is 1.16 bits per heavy atom. The molecule has 2 saturated heterocycles. The highest BCUT2D eigenvalue weighted by molar-refractivity contribution is 5.92. The van der Waals surface area contributed by atoms with Crippen LogP contribution in [0.2, 0.25) is 0 Å². The molecular formula is C30H38N6O2. The van der Waals surface area contributed by atoms with Gasteiger partial charge < -0.3 is 15.0 Å². The van der Waals surface area contributed by atoms with Gasteiger partial charge in [-0.15, -0.1) is 0 Å². The summed E-state index contributed by atoms with van der Waals surface area (Å²) in [5.41, 5.74) is 8.10. The smallest absolute Gasteiger partial charge is 0.236 e. The lowest BCUT2D eigenvalue weighted by Crippen LogP contribution is -2.47. The molecule has 200 valence electrons. The topological polar surface area (TPSA) is 89.8 Å². The number of hydrogen-bond donors (Lipinski definition) is 2. The molecule has 2 aliphatic heterocycles. The molecule has 0 radical (unpaired) electrons. The molecule has 0 aliphatic carbocycles. The number of carbonyl (C=O) groups is 1. The molecule has 2 fully saturated rings. The van der Waals surface area contributed by atoms with Gasteiger partial charge in [0.1, 0.15) is 6.33 Å². The number of β-amino-alcohol motifs (C(OH)–C–C–N with tert-alkyl or cyclic N) is 1. The Hall–Kier alpha value is -3.23. The van der Waals surface area contributed by atoms with Crippen molar-refractivity contribution in [2.24, 2.45) is 0 Å². The number of aromatic nitrogens is 4. The average molecular weight is 515 g/mol. The Morgan fingerprint density at radius 3 is 2.74 bits per heavy atom. The first-order valence-electron chi connectivity index (χ1n) is 14.0. The number of benzene rings is 1. The molecule has 38 heavy (non-hydrogen) atoms. The first-order valence-corrected chi connectivity index (χ1v) is 14.0. The molecule has 5 heterocycles. The molecule has 1 atom stereocenters. The van der Waals surface area contributed by atoms with Crippen LogP contribution in [0.5, 0.6) is 0 Å². The van der Waals surface area contributed by atoms with E-state index in [4.69, 9.17) is 0 Å². The molecule has 1 amide bonds. The normalized spacial score (nSPS) is 19.7. The van der Waals surface area contributed by atoms with E-state index in [1.165, 1.54) is 16.5 Å². The van der Waals surface area contributed by atoms with Crippen molar-refractivity contribution in [2.75, 3.05) is 32.7 Å². The number of amides is 1. The third-order valence-corrected chi connectivity index (χ3v) is 8.45. The van der Waals surface area contributed by atoms with Gasteiger partial charge in [0.05, 0.1) is 18.3 Å².